The zero-order valence-corrected chi connectivity index (χ0v) is 8.40. The molecule has 1 aliphatic rings. The molecule has 0 aromatic heterocycles. The van der Waals surface area contributed by atoms with Gasteiger partial charge in [-0.25, -0.2) is 4.79 Å². The summed E-state index contributed by atoms with van der Waals surface area (Å²) in [7, 11) is 3.52. The van der Waals surface area contributed by atoms with E-state index in [-0.39, 0.29) is 18.7 Å². The largest absolute Gasteiger partial charge is 0.395 e. The second kappa shape index (κ2) is 3.93. The Kier molecular flexibility index (Phi) is 3.11. The van der Waals surface area contributed by atoms with Crippen molar-refractivity contribution in [3.63, 3.8) is 0 Å². The van der Waals surface area contributed by atoms with E-state index in [1.165, 1.54) is 0 Å². The van der Waals surface area contributed by atoms with E-state index in [9.17, 15) is 4.79 Å². The highest BCUT2D eigenvalue weighted by Gasteiger charge is 2.27. The standard InChI is InChI=1S/C8H17N3O2/c1-7(4-12)11-5-9(2)8(13)10(3)6-11/h7,12H,4-6H2,1-3H3/t7-/m0/s1. The first kappa shape index (κ1) is 10.3. The predicted octanol–water partition coefficient (Wildman–Crippen LogP) is -0.419. The van der Waals surface area contributed by atoms with Gasteiger partial charge in [-0.1, -0.05) is 0 Å². The summed E-state index contributed by atoms with van der Waals surface area (Å²) >= 11 is 0. The molecule has 76 valence electrons. The Labute approximate surface area is 78.5 Å². The van der Waals surface area contributed by atoms with Crippen molar-refractivity contribution < 1.29 is 9.90 Å². The van der Waals surface area contributed by atoms with E-state index in [4.69, 9.17) is 5.11 Å². The van der Waals surface area contributed by atoms with Crippen molar-refractivity contribution in [1.29, 1.82) is 0 Å². The molecule has 5 heteroatoms. The fourth-order valence-corrected chi connectivity index (χ4v) is 1.40. The fraction of sp³-hybridized carbons (Fsp3) is 0.875. The second-order valence-corrected chi connectivity index (χ2v) is 3.58. The van der Waals surface area contributed by atoms with E-state index in [1.54, 1.807) is 23.9 Å². The van der Waals surface area contributed by atoms with Gasteiger partial charge < -0.3 is 14.9 Å². The van der Waals surface area contributed by atoms with E-state index < -0.39 is 0 Å². The van der Waals surface area contributed by atoms with Crippen LogP contribution in [0.3, 0.4) is 0 Å². The Balaban J connectivity index is 2.58. The quantitative estimate of drug-likeness (QED) is 0.639. The summed E-state index contributed by atoms with van der Waals surface area (Å²) in [5.41, 5.74) is 0. The first-order valence-electron chi connectivity index (χ1n) is 4.37. The molecular formula is C8H17N3O2. The number of hydrogen-bond acceptors (Lipinski definition) is 3. The Morgan fingerprint density at radius 2 is 1.85 bits per heavy atom. The van der Waals surface area contributed by atoms with Gasteiger partial charge >= 0.3 is 6.03 Å². The van der Waals surface area contributed by atoms with Crippen LogP contribution in [0.25, 0.3) is 0 Å². The zero-order chi connectivity index (χ0) is 10.0. The van der Waals surface area contributed by atoms with Gasteiger partial charge in [0.05, 0.1) is 19.9 Å². The summed E-state index contributed by atoms with van der Waals surface area (Å²) in [4.78, 5) is 16.7. The highest BCUT2D eigenvalue weighted by molar-refractivity contribution is 5.74. The number of amides is 2. The van der Waals surface area contributed by atoms with Crippen LogP contribution in [0.15, 0.2) is 0 Å². The molecule has 1 saturated heterocycles. The van der Waals surface area contributed by atoms with Crippen molar-refractivity contribution in [3.8, 4) is 0 Å². The van der Waals surface area contributed by atoms with Gasteiger partial charge in [0.25, 0.3) is 0 Å². The molecule has 13 heavy (non-hydrogen) atoms. The van der Waals surface area contributed by atoms with Gasteiger partial charge in [-0.15, -0.1) is 0 Å². The minimum atomic E-state index is 0.0291. The molecule has 1 heterocycles. The maximum absolute atomic E-state index is 11.3. The molecule has 1 rings (SSSR count). The van der Waals surface area contributed by atoms with Crippen molar-refractivity contribution in [2.45, 2.75) is 13.0 Å². The Bertz CT molecular complexity index is 184. The van der Waals surface area contributed by atoms with E-state index in [0.29, 0.717) is 13.3 Å². The lowest BCUT2D eigenvalue weighted by atomic mass is 10.3. The summed E-state index contributed by atoms with van der Waals surface area (Å²) in [5.74, 6) is 0. The number of carbonyl (C=O) groups is 1. The summed E-state index contributed by atoms with van der Waals surface area (Å²) in [6.07, 6.45) is 0. The average molecular weight is 187 g/mol. The van der Waals surface area contributed by atoms with Crippen molar-refractivity contribution in [3.05, 3.63) is 0 Å². The number of nitrogens with zero attached hydrogens (tertiary/aromatic N) is 3. The van der Waals surface area contributed by atoms with E-state index in [2.05, 4.69) is 0 Å². The monoisotopic (exact) mass is 187 g/mol. The van der Waals surface area contributed by atoms with Gasteiger partial charge in [0.1, 0.15) is 0 Å². The number of rotatable bonds is 2. The summed E-state index contributed by atoms with van der Waals surface area (Å²) in [6.45, 7) is 3.24. The van der Waals surface area contributed by atoms with Crippen molar-refractivity contribution in [2.24, 2.45) is 0 Å². The van der Waals surface area contributed by atoms with Crippen molar-refractivity contribution in [2.75, 3.05) is 34.0 Å². The maximum Gasteiger partial charge on any atom is 0.321 e. The number of carbonyl (C=O) groups excluding carboxylic acids is 1. The van der Waals surface area contributed by atoms with Crippen LogP contribution in [0.5, 0.6) is 0 Å². The maximum atomic E-state index is 11.3. The average Bonchev–Trinajstić information content (AvgIpc) is 2.12. The molecule has 0 unspecified atom stereocenters. The number of aliphatic hydroxyl groups is 1. The highest BCUT2D eigenvalue weighted by atomic mass is 16.3. The molecule has 2 amide bonds. The third-order valence-corrected chi connectivity index (χ3v) is 2.33. The lowest BCUT2D eigenvalue weighted by molar-refractivity contribution is 0.0157. The lowest BCUT2D eigenvalue weighted by Gasteiger charge is -2.41. The van der Waals surface area contributed by atoms with Crippen LogP contribution < -0.4 is 0 Å². The topological polar surface area (TPSA) is 47.0 Å². The van der Waals surface area contributed by atoms with Gasteiger partial charge in [0.2, 0.25) is 0 Å². The molecule has 1 aliphatic heterocycles. The minimum Gasteiger partial charge on any atom is -0.395 e. The molecular weight excluding hydrogens is 170 g/mol. The van der Waals surface area contributed by atoms with Gasteiger partial charge in [0.15, 0.2) is 0 Å². The van der Waals surface area contributed by atoms with E-state index >= 15 is 0 Å². The van der Waals surface area contributed by atoms with Gasteiger partial charge in [-0.2, -0.15) is 0 Å². The van der Waals surface area contributed by atoms with Crippen LogP contribution in [0, 0.1) is 0 Å². The highest BCUT2D eigenvalue weighted by Crippen LogP contribution is 2.09. The van der Waals surface area contributed by atoms with Crippen molar-refractivity contribution in [1.82, 2.24) is 14.7 Å². The molecule has 0 radical (unpaired) electrons. The van der Waals surface area contributed by atoms with E-state index in [0.717, 1.165) is 0 Å². The van der Waals surface area contributed by atoms with Crippen molar-refractivity contribution >= 4 is 6.03 Å². The minimum absolute atomic E-state index is 0.0291. The number of hydrogen-bond donors (Lipinski definition) is 1. The third-order valence-electron chi connectivity index (χ3n) is 2.33. The fourth-order valence-electron chi connectivity index (χ4n) is 1.40. The second-order valence-electron chi connectivity index (χ2n) is 3.58. The Morgan fingerprint density at radius 3 is 2.23 bits per heavy atom. The molecule has 0 aliphatic carbocycles. The SMILES string of the molecule is C[C@@H](CO)N1CN(C)C(=O)N(C)C1. The third kappa shape index (κ3) is 2.10. The number of urea groups is 1. The molecule has 0 spiro atoms. The van der Waals surface area contributed by atoms with E-state index in [1.807, 2.05) is 11.8 Å². The lowest BCUT2D eigenvalue weighted by Crippen LogP contribution is -2.58. The summed E-state index contributed by atoms with van der Waals surface area (Å²) in [6, 6.07) is 0.124. The molecule has 5 nitrogen and oxygen atoms in total. The van der Waals surface area contributed by atoms with Gasteiger partial charge in [-0.3, -0.25) is 4.90 Å². The first-order valence-corrected chi connectivity index (χ1v) is 4.37. The van der Waals surface area contributed by atoms with Crippen LogP contribution in [0.4, 0.5) is 4.79 Å². The normalized spacial score (nSPS) is 22.3. The van der Waals surface area contributed by atoms with Crippen LogP contribution in [-0.4, -0.2) is 65.9 Å². The molecule has 0 saturated carbocycles. The molecule has 0 aromatic rings. The smallest absolute Gasteiger partial charge is 0.321 e. The molecule has 0 bridgehead atoms. The Hall–Kier alpha value is -0.810. The molecule has 1 atom stereocenters. The number of aliphatic hydroxyl groups excluding tert-OH is 1. The van der Waals surface area contributed by atoms with Crippen LogP contribution in [-0.2, 0) is 0 Å². The van der Waals surface area contributed by atoms with Gasteiger partial charge in [0, 0.05) is 20.1 Å². The van der Waals surface area contributed by atoms with Crippen LogP contribution >= 0.6 is 0 Å². The molecule has 1 N–H and O–H groups in total. The first-order chi connectivity index (χ1) is 6.06. The summed E-state index contributed by atoms with van der Waals surface area (Å²) in [5, 5.41) is 8.96. The van der Waals surface area contributed by atoms with Crippen LogP contribution in [0.1, 0.15) is 6.92 Å². The molecule has 0 aromatic carbocycles. The predicted molar refractivity (Wildman–Crippen MR) is 49.0 cm³/mol. The summed E-state index contributed by atoms with van der Waals surface area (Å²) < 4.78 is 0. The van der Waals surface area contributed by atoms with Crippen LogP contribution in [0.2, 0.25) is 0 Å². The van der Waals surface area contributed by atoms with Gasteiger partial charge in [-0.05, 0) is 6.92 Å². The molecule has 1 fully saturated rings. The Morgan fingerprint density at radius 1 is 1.38 bits per heavy atom. The zero-order valence-electron chi connectivity index (χ0n) is 8.40.